The Hall–Kier alpha value is -2.42. The Morgan fingerprint density at radius 3 is 2.38 bits per heavy atom. The molecule has 0 saturated carbocycles. The van der Waals surface area contributed by atoms with Crippen LogP contribution in [0.3, 0.4) is 0 Å². The minimum atomic E-state index is -3.06. The topological polar surface area (TPSA) is 87.2 Å². The van der Waals surface area contributed by atoms with Crippen molar-refractivity contribution in [2.45, 2.75) is 45.9 Å². The number of sulfone groups is 1. The molecule has 2 unspecified atom stereocenters. The molecule has 7 nitrogen and oxygen atoms in total. The third-order valence-electron chi connectivity index (χ3n) is 6.32. The number of hydrogen-bond acceptors (Lipinski definition) is 7. The number of hydrogen-bond donors (Lipinski definition) is 1. The van der Waals surface area contributed by atoms with E-state index in [4.69, 9.17) is 4.74 Å². The van der Waals surface area contributed by atoms with Gasteiger partial charge in [-0.15, -0.1) is 0 Å². The summed E-state index contributed by atoms with van der Waals surface area (Å²) < 4.78 is 30.0. The summed E-state index contributed by atoms with van der Waals surface area (Å²) in [5.41, 5.74) is 2.69. The third-order valence-corrected chi connectivity index (χ3v) is 8.07. The van der Waals surface area contributed by atoms with E-state index in [1.165, 1.54) is 6.92 Å². The zero-order valence-corrected chi connectivity index (χ0v) is 21.1. The van der Waals surface area contributed by atoms with Gasteiger partial charge in [-0.1, -0.05) is 24.3 Å². The number of rotatable bonds is 12. The maximum absolute atomic E-state index is 12.1. The van der Waals surface area contributed by atoms with Crippen LogP contribution < -0.4 is 9.64 Å². The smallest absolute Gasteiger partial charge is 0.163 e. The largest absolute Gasteiger partial charge is 0.490 e. The molecule has 2 aromatic rings. The molecule has 0 amide bonds. The summed E-state index contributed by atoms with van der Waals surface area (Å²) in [7, 11) is -3.06. The summed E-state index contributed by atoms with van der Waals surface area (Å²) in [5.74, 6) is 0.617. The molecule has 1 N–H and O–H groups in total. The maximum Gasteiger partial charge on any atom is 0.163 e. The standard InChI is InChI=1S/C26H36N2O5S/c1-4-27(5-2)22-12-10-21(11-13-22)16-28(23-14-15-34(31,32)19-23)17-24(30)18-33-26-9-7-6-8-25(26)20(3)29/h6-13,23-24,30H,4-5,14-19H2,1-3H3. The van der Waals surface area contributed by atoms with Crippen molar-refractivity contribution in [1.29, 1.82) is 0 Å². The molecular weight excluding hydrogens is 452 g/mol. The fraction of sp³-hybridized carbons (Fsp3) is 0.500. The summed E-state index contributed by atoms with van der Waals surface area (Å²) in [6.07, 6.45) is -0.279. The number of aliphatic hydroxyl groups excluding tert-OH is 1. The predicted molar refractivity (Wildman–Crippen MR) is 135 cm³/mol. The minimum Gasteiger partial charge on any atom is -0.490 e. The molecule has 2 aromatic carbocycles. The number of benzene rings is 2. The zero-order chi connectivity index (χ0) is 24.7. The van der Waals surface area contributed by atoms with Gasteiger partial charge in [-0.25, -0.2) is 8.42 Å². The van der Waals surface area contributed by atoms with Crippen LogP contribution in [0.2, 0.25) is 0 Å². The van der Waals surface area contributed by atoms with Crippen molar-refractivity contribution in [2.75, 3.05) is 42.6 Å². The molecule has 2 atom stereocenters. The van der Waals surface area contributed by atoms with Crippen molar-refractivity contribution in [3.05, 3.63) is 59.7 Å². The molecule has 0 spiro atoms. The van der Waals surface area contributed by atoms with Crippen LogP contribution in [0, 0.1) is 0 Å². The number of carbonyl (C=O) groups excluding carboxylic acids is 1. The lowest BCUT2D eigenvalue weighted by atomic mass is 10.1. The molecule has 3 rings (SSSR count). The van der Waals surface area contributed by atoms with E-state index in [0.29, 0.717) is 24.3 Å². The molecule has 0 aliphatic carbocycles. The van der Waals surface area contributed by atoms with Crippen LogP contribution in [0.1, 0.15) is 43.1 Å². The van der Waals surface area contributed by atoms with Crippen molar-refractivity contribution in [2.24, 2.45) is 0 Å². The first-order valence-electron chi connectivity index (χ1n) is 11.9. The first-order chi connectivity index (χ1) is 16.2. The summed E-state index contributed by atoms with van der Waals surface area (Å²) in [6.45, 7) is 8.42. The fourth-order valence-electron chi connectivity index (χ4n) is 4.43. The number of nitrogens with zero attached hydrogens (tertiary/aromatic N) is 2. The first-order valence-corrected chi connectivity index (χ1v) is 13.7. The van der Waals surface area contributed by atoms with E-state index in [9.17, 15) is 18.3 Å². The molecule has 8 heteroatoms. The normalized spacial score (nSPS) is 18.1. The van der Waals surface area contributed by atoms with Gasteiger partial charge in [-0.05, 0) is 57.0 Å². The van der Waals surface area contributed by atoms with Gasteiger partial charge in [0.05, 0.1) is 17.1 Å². The summed E-state index contributed by atoms with van der Waals surface area (Å²) in [4.78, 5) is 16.1. The van der Waals surface area contributed by atoms with Crippen LogP contribution >= 0.6 is 0 Å². The van der Waals surface area contributed by atoms with Crippen molar-refractivity contribution in [3.63, 3.8) is 0 Å². The van der Waals surface area contributed by atoms with Crippen LogP contribution in [-0.2, 0) is 16.4 Å². The van der Waals surface area contributed by atoms with Gasteiger partial charge in [0.15, 0.2) is 15.6 Å². The van der Waals surface area contributed by atoms with Crippen LogP contribution in [0.15, 0.2) is 48.5 Å². The minimum absolute atomic E-state index is 0.0150. The molecule has 0 radical (unpaired) electrons. The van der Waals surface area contributed by atoms with Crippen LogP contribution in [0.25, 0.3) is 0 Å². The Labute approximate surface area is 203 Å². The molecule has 1 heterocycles. The third kappa shape index (κ3) is 7.04. The maximum atomic E-state index is 12.1. The predicted octanol–water partition coefficient (Wildman–Crippen LogP) is 3.16. The van der Waals surface area contributed by atoms with E-state index in [0.717, 1.165) is 24.3 Å². The Morgan fingerprint density at radius 1 is 1.12 bits per heavy atom. The van der Waals surface area contributed by atoms with Crippen LogP contribution in [-0.4, -0.2) is 74.1 Å². The van der Waals surface area contributed by atoms with Crippen molar-refractivity contribution >= 4 is 21.3 Å². The van der Waals surface area contributed by atoms with Gasteiger partial charge in [0.2, 0.25) is 0 Å². The van der Waals surface area contributed by atoms with E-state index in [-0.39, 0.29) is 36.5 Å². The second-order valence-electron chi connectivity index (χ2n) is 8.84. The zero-order valence-electron chi connectivity index (χ0n) is 20.3. The monoisotopic (exact) mass is 488 g/mol. The number of anilines is 1. The van der Waals surface area contributed by atoms with Crippen molar-refractivity contribution in [1.82, 2.24) is 4.90 Å². The van der Waals surface area contributed by atoms with E-state index in [1.807, 2.05) is 4.90 Å². The lowest BCUT2D eigenvalue weighted by Crippen LogP contribution is -2.42. The lowest BCUT2D eigenvalue weighted by molar-refractivity contribution is 0.0520. The van der Waals surface area contributed by atoms with Gasteiger partial charge in [0, 0.05) is 37.9 Å². The van der Waals surface area contributed by atoms with Gasteiger partial charge >= 0.3 is 0 Å². The SMILES string of the molecule is CCN(CC)c1ccc(CN(CC(O)COc2ccccc2C(C)=O)C2CCS(=O)(=O)C2)cc1. The Kier molecular flexibility index (Phi) is 9.10. The molecule has 1 saturated heterocycles. The fourth-order valence-corrected chi connectivity index (χ4v) is 6.20. The lowest BCUT2D eigenvalue weighted by Gasteiger charge is -2.30. The number of ether oxygens (including phenoxy) is 1. The molecule has 1 aliphatic rings. The number of aliphatic hydroxyl groups is 1. The molecule has 1 aliphatic heterocycles. The number of para-hydroxylation sites is 1. The average molecular weight is 489 g/mol. The molecule has 34 heavy (non-hydrogen) atoms. The van der Waals surface area contributed by atoms with Gasteiger partial charge in [0.25, 0.3) is 0 Å². The molecule has 1 fully saturated rings. The van der Waals surface area contributed by atoms with Crippen molar-refractivity contribution in [3.8, 4) is 5.75 Å². The van der Waals surface area contributed by atoms with Gasteiger partial charge in [-0.3, -0.25) is 9.69 Å². The first kappa shape index (κ1) is 26.2. The van der Waals surface area contributed by atoms with E-state index < -0.39 is 15.9 Å². The Bertz CT molecular complexity index is 1050. The molecule has 0 bridgehead atoms. The molecule has 186 valence electrons. The second kappa shape index (κ2) is 11.8. The summed E-state index contributed by atoms with van der Waals surface area (Å²) in [5, 5.41) is 10.8. The second-order valence-corrected chi connectivity index (χ2v) is 11.1. The van der Waals surface area contributed by atoms with E-state index in [2.05, 4.69) is 43.0 Å². The van der Waals surface area contributed by atoms with Crippen molar-refractivity contribution < 1.29 is 23.1 Å². The van der Waals surface area contributed by atoms with Gasteiger partial charge in [0.1, 0.15) is 18.5 Å². The highest BCUT2D eigenvalue weighted by Gasteiger charge is 2.33. The van der Waals surface area contributed by atoms with E-state index in [1.54, 1.807) is 24.3 Å². The highest BCUT2D eigenvalue weighted by molar-refractivity contribution is 7.91. The highest BCUT2D eigenvalue weighted by atomic mass is 32.2. The average Bonchev–Trinajstić information content (AvgIpc) is 3.19. The number of carbonyl (C=O) groups is 1. The van der Waals surface area contributed by atoms with Gasteiger partial charge in [-0.2, -0.15) is 0 Å². The summed E-state index contributed by atoms with van der Waals surface area (Å²) >= 11 is 0. The van der Waals surface area contributed by atoms with E-state index >= 15 is 0 Å². The summed E-state index contributed by atoms with van der Waals surface area (Å²) in [6, 6.07) is 15.1. The number of ketones is 1. The highest BCUT2D eigenvalue weighted by Crippen LogP contribution is 2.23. The molecule has 0 aromatic heterocycles. The van der Waals surface area contributed by atoms with Crippen LogP contribution in [0.4, 0.5) is 5.69 Å². The number of Topliss-reactive ketones (excluding diaryl/α,β-unsaturated/α-hetero) is 1. The quantitative estimate of drug-likeness (QED) is 0.459. The Balaban J connectivity index is 1.69. The Morgan fingerprint density at radius 2 is 1.79 bits per heavy atom. The van der Waals surface area contributed by atoms with Gasteiger partial charge < -0.3 is 14.7 Å². The van der Waals surface area contributed by atoms with Crippen LogP contribution in [0.5, 0.6) is 5.75 Å². The molecular formula is C26H36N2O5S.